The first-order valence-corrected chi connectivity index (χ1v) is 4.77. The summed E-state index contributed by atoms with van der Waals surface area (Å²) in [7, 11) is 3.85. The summed E-state index contributed by atoms with van der Waals surface area (Å²) in [4.78, 5) is 9.97. The molecule has 0 aromatic carbocycles. The second kappa shape index (κ2) is 4.28. The van der Waals surface area contributed by atoms with Crippen molar-refractivity contribution in [1.29, 1.82) is 0 Å². The average Bonchev–Trinajstić information content (AvgIpc) is 2.65. The van der Waals surface area contributed by atoms with Crippen LogP contribution in [0.5, 0.6) is 5.75 Å². The molecule has 0 atom stereocenters. The van der Waals surface area contributed by atoms with E-state index in [1.807, 2.05) is 19.0 Å². The third-order valence-electron chi connectivity index (χ3n) is 1.90. The van der Waals surface area contributed by atoms with E-state index in [4.69, 9.17) is 4.52 Å². The van der Waals surface area contributed by atoms with Gasteiger partial charge < -0.3 is 14.5 Å². The molecular weight excluding hydrogens is 208 g/mol. The monoisotopic (exact) mass is 220 g/mol. The molecule has 2 heterocycles. The van der Waals surface area contributed by atoms with E-state index in [0.717, 1.165) is 0 Å². The fourth-order valence-electron chi connectivity index (χ4n) is 1.26. The lowest BCUT2D eigenvalue weighted by Crippen LogP contribution is -2.11. The highest BCUT2D eigenvalue weighted by Crippen LogP contribution is 2.19. The Morgan fingerprint density at radius 1 is 1.38 bits per heavy atom. The van der Waals surface area contributed by atoms with Crippen LogP contribution >= 0.6 is 0 Å². The molecule has 0 radical (unpaired) electrons. The lowest BCUT2D eigenvalue weighted by molar-refractivity contribution is 0.365. The normalized spacial score (nSPS) is 10.9. The van der Waals surface area contributed by atoms with Gasteiger partial charge >= 0.3 is 0 Å². The summed E-state index contributed by atoms with van der Waals surface area (Å²) >= 11 is 0. The van der Waals surface area contributed by atoms with E-state index in [9.17, 15) is 5.11 Å². The molecule has 0 aliphatic heterocycles. The first-order valence-electron chi connectivity index (χ1n) is 4.77. The zero-order valence-corrected chi connectivity index (χ0v) is 9.08. The summed E-state index contributed by atoms with van der Waals surface area (Å²) in [6.07, 6.45) is 2.91. The zero-order chi connectivity index (χ0) is 11.5. The van der Waals surface area contributed by atoms with Gasteiger partial charge in [0.05, 0.1) is 18.3 Å². The summed E-state index contributed by atoms with van der Waals surface area (Å²) in [5.41, 5.74) is 0.609. The Morgan fingerprint density at radius 2 is 2.19 bits per heavy atom. The predicted molar refractivity (Wildman–Crippen MR) is 56.6 cm³/mol. The molecule has 6 heteroatoms. The van der Waals surface area contributed by atoms with Crippen LogP contribution in [0.4, 0.5) is 0 Å². The molecule has 0 aliphatic carbocycles. The Labute approximate surface area is 92.5 Å². The van der Waals surface area contributed by atoms with Crippen molar-refractivity contribution in [3.63, 3.8) is 0 Å². The molecule has 0 unspecified atom stereocenters. The van der Waals surface area contributed by atoms with E-state index < -0.39 is 0 Å². The average molecular weight is 220 g/mol. The zero-order valence-electron chi connectivity index (χ0n) is 9.08. The van der Waals surface area contributed by atoms with Gasteiger partial charge in [-0.25, -0.2) is 0 Å². The van der Waals surface area contributed by atoms with Gasteiger partial charge in [-0.15, -0.1) is 0 Å². The first kappa shape index (κ1) is 10.6. The molecule has 0 amide bonds. The number of hydrogen-bond acceptors (Lipinski definition) is 6. The van der Waals surface area contributed by atoms with E-state index in [0.29, 0.717) is 23.8 Å². The maximum atomic E-state index is 9.27. The third-order valence-corrected chi connectivity index (χ3v) is 1.90. The fourth-order valence-corrected chi connectivity index (χ4v) is 1.26. The predicted octanol–water partition coefficient (Wildman–Crippen LogP) is 0.899. The van der Waals surface area contributed by atoms with Crippen molar-refractivity contribution >= 4 is 0 Å². The molecule has 0 bridgehead atoms. The quantitative estimate of drug-likeness (QED) is 0.828. The van der Waals surface area contributed by atoms with Gasteiger partial charge in [0.1, 0.15) is 5.75 Å². The van der Waals surface area contributed by atoms with Gasteiger partial charge in [-0.3, -0.25) is 4.98 Å². The molecule has 16 heavy (non-hydrogen) atoms. The van der Waals surface area contributed by atoms with Crippen molar-refractivity contribution in [3.8, 4) is 17.2 Å². The van der Waals surface area contributed by atoms with Crippen LogP contribution in [-0.2, 0) is 6.54 Å². The third kappa shape index (κ3) is 2.34. The molecule has 0 aliphatic rings. The highest BCUT2D eigenvalue weighted by molar-refractivity contribution is 5.53. The lowest BCUT2D eigenvalue weighted by atomic mass is 10.3. The van der Waals surface area contributed by atoms with Gasteiger partial charge in [-0.1, -0.05) is 5.16 Å². The minimum Gasteiger partial charge on any atom is -0.506 e. The van der Waals surface area contributed by atoms with Crippen LogP contribution in [0.2, 0.25) is 0 Å². The molecule has 0 spiro atoms. The summed E-state index contributed by atoms with van der Waals surface area (Å²) in [5.74, 6) is 1.04. The van der Waals surface area contributed by atoms with Crippen LogP contribution in [0, 0.1) is 0 Å². The van der Waals surface area contributed by atoms with Gasteiger partial charge in [-0.2, -0.15) is 4.98 Å². The van der Waals surface area contributed by atoms with E-state index in [1.165, 1.54) is 12.3 Å². The van der Waals surface area contributed by atoms with Crippen molar-refractivity contribution in [2.75, 3.05) is 14.1 Å². The first-order chi connectivity index (χ1) is 7.65. The van der Waals surface area contributed by atoms with Crippen LogP contribution < -0.4 is 0 Å². The van der Waals surface area contributed by atoms with Crippen molar-refractivity contribution in [2.24, 2.45) is 0 Å². The molecule has 2 aromatic rings. The summed E-state index contributed by atoms with van der Waals surface area (Å²) in [6.45, 7) is 0.607. The van der Waals surface area contributed by atoms with Gasteiger partial charge in [0.25, 0.3) is 5.89 Å². The summed E-state index contributed by atoms with van der Waals surface area (Å²) < 4.78 is 5.07. The van der Waals surface area contributed by atoms with Gasteiger partial charge in [-0.05, 0) is 20.2 Å². The molecule has 84 valence electrons. The molecule has 0 saturated heterocycles. The number of aromatic nitrogens is 3. The number of hydrogen-bond donors (Lipinski definition) is 1. The second-order valence-corrected chi connectivity index (χ2v) is 3.69. The smallest absolute Gasteiger partial charge is 0.259 e. The Balaban J connectivity index is 2.24. The van der Waals surface area contributed by atoms with Crippen molar-refractivity contribution in [1.82, 2.24) is 20.0 Å². The van der Waals surface area contributed by atoms with E-state index in [2.05, 4.69) is 15.1 Å². The minimum atomic E-state index is 0.0739. The number of nitrogens with zero attached hydrogens (tertiary/aromatic N) is 4. The van der Waals surface area contributed by atoms with E-state index >= 15 is 0 Å². The Morgan fingerprint density at radius 3 is 2.88 bits per heavy atom. The topological polar surface area (TPSA) is 75.3 Å². The van der Waals surface area contributed by atoms with Crippen molar-refractivity contribution in [2.45, 2.75) is 6.54 Å². The fraction of sp³-hybridized carbons (Fsp3) is 0.300. The SMILES string of the molecule is CN(C)Cc1noc(-c2cncc(O)c2)n1. The molecular formula is C10H12N4O2. The Kier molecular flexibility index (Phi) is 2.82. The minimum absolute atomic E-state index is 0.0739. The van der Waals surface area contributed by atoms with E-state index in [-0.39, 0.29) is 5.75 Å². The maximum absolute atomic E-state index is 9.27. The maximum Gasteiger partial charge on any atom is 0.259 e. The number of aromatic hydroxyl groups is 1. The molecule has 2 rings (SSSR count). The number of rotatable bonds is 3. The highest BCUT2D eigenvalue weighted by Gasteiger charge is 2.10. The van der Waals surface area contributed by atoms with Crippen LogP contribution in [0.1, 0.15) is 5.82 Å². The Hall–Kier alpha value is -1.95. The molecule has 2 aromatic heterocycles. The number of pyridine rings is 1. The van der Waals surface area contributed by atoms with Gasteiger partial charge in [0.2, 0.25) is 0 Å². The van der Waals surface area contributed by atoms with Crippen molar-refractivity contribution in [3.05, 3.63) is 24.3 Å². The highest BCUT2D eigenvalue weighted by atomic mass is 16.5. The largest absolute Gasteiger partial charge is 0.506 e. The van der Waals surface area contributed by atoms with Crippen molar-refractivity contribution < 1.29 is 9.63 Å². The molecule has 6 nitrogen and oxygen atoms in total. The summed E-state index contributed by atoms with van der Waals surface area (Å²) in [5, 5.41) is 13.1. The van der Waals surface area contributed by atoms with Crippen LogP contribution in [0.3, 0.4) is 0 Å². The van der Waals surface area contributed by atoms with E-state index in [1.54, 1.807) is 6.20 Å². The van der Waals surface area contributed by atoms with Crippen LogP contribution in [0.15, 0.2) is 23.0 Å². The van der Waals surface area contributed by atoms with Gasteiger partial charge in [0, 0.05) is 6.20 Å². The molecule has 0 fully saturated rings. The summed E-state index contributed by atoms with van der Waals surface area (Å²) in [6, 6.07) is 1.53. The van der Waals surface area contributed by atoms with Gasteiger partial charge in [0.15, 0.2) is 5.82 Å². The van der Waals surface area contributed by atoms with Crippen LogP contribution in [0.25, 0.3) is 11.5 Å². The lowest BCUT2D eigenvalue weighted by Gasteiger charge is -2.03. The molecule has 0 saturated carbocycles. The van der Waals surface area contributed by atoms with Crippen LogP contribution in [-0.4, -0.2) is 39.2 Å². The second-order valence-electron chi connectivity index (χ2n) is 3.69. The Bertz CT molecular complexity index is 481. The molecule has 1 N–H and O–H groups in total. The standard InChI is InChI=1S/C10H12N4O2/c1-14(2)6-9-12-10(16-13-9)7-3-8(15)5-11-4-7/h3-5,15H,6H2,1-2H3.